The minimum atomic E-state index is -0.000899. The Kier molecular flexibility index (Phi) is 5.06. The van der Waals surface area contributed by atoms with E-state index in [9.17, 15) is 9.59 Å². The first kappa shape index (κ1) is 17.5. The molecule has 1 aliphatic rings. The van der Waals surface area contributed by atoms with Gasteiger partial charge in [-0.1, -0.05) is 19.9 Å². The summed E-state index contributed by atoms with van der Waals surface area (Å²) in [7, 11) is 0. The Morgan fingerprint density at radius 2 is 2.04 bits per heavy atom. The minimum absolute atomic E-state index is 0.000899. The number of imidazole rings is 1. The normalized spacial score (nSPS) is 15.8. The molecule has 2 N–H and O–H groups in total. The van der Waals surface area contributed by atoms with E-state index >= 15 is 0 Å². The van der Waals surface area contributed by atoms with Crippen molar-refractivity contribution < 1.29 is 9.59 Å². The van der Waals surface area contributed by atoms with Crippen LogP contribution in [0.1, 0.15) is 50.9 Å². The summed E-state index contributed by atoms with van der Waals surface area (Å²) in [6, 6.07) is 6.04. The molecule has 1 saturated heterocycles. The standard InChI is InChI=1S/C19H26N4O2/c1-12(2)18-21-16-5-4-14(10-17(16)22-18)11-20-19(25)15-6-8-23(9-7-15)13(3)24/h4-5,10,12,15H,6-9,11H2,1-3H3,(H,20,25)(H,21,22). The second kappa shape index (κ2) is 7.25. The molecule has 1 aromatic heterocycles. The van der Waals surface area contributed by atoms with Crippen molar-refractivity contribution in [1.29, 1.82) is 0 Å². The van der Waals surface area contributed by atoms with Crippen molar-refractivity contribution in [2.75, 3.05) is 13.1 Å². The number of hydrogen-bond donors (Lipinski definition) is 2. The molecule has 0 saturated carbocycles. The van der Waals surface area contributed by atoms with Crippen LogP contribution in [-0.4, -0.2) is 39.8 Å². The van der Waals surface area contributed by atoms with Gasteiger partial charge in [-0.15, -0.1) is 0 Å². The van der Waals surface area contributed by atoms with Crippen LogP contribution in [0.25, 0.3) is 11.0 Å². The van der Waals surface area contributed by atoms with Gasteiger partial charge in [-0.3, -0.25) is 9.59 Å². The van der Waals surface area contributed by atoms with Crippen LogP contribution in [0.5, 0.6) is 0 Å². The molecule has 1 fully saturated rings. The molecule has 0 radical (unpaired) electrons. The van der Waals surface area contributed by atoms with Crippen LogP contribution < -0.4 is 5.32 Å². The van der Waals surface area contributed by atoms with Crippen molar-refractivity contribution in [3.05, 3.63) is 29.6 Å². The van der Waals surface area contributed by atoms with Gasteiger partial charge >= 0.3 is 0 Å². The minimum Gasteiger partial charge on any atom is -0.352 e. The smallest absolute Gasteiger partial charge is 0.223 e. The molecule has 2 aromatic rings. The van der Waals surface area contributed by atoms with Gasteiger partial charge < -0.3 is 15.2 Å². The van der Waals surface area contributed by atoms with Crippen LogP contribution >= 0.6 is 0 Å². The fourth-order valence-electron chi connectivity index (χ4n) is 3.25. The number of rotatable bonds is 4. The number of fused-ring (bicyclic) bond motifs is 1. The molecular weight excluding hydrogens is 316 g/mol. The van der Waals surface area contributed by atoms with Crippen LogP contribution in [-0.2, 0) is 16.1 Å². The van der Waals surface area contributed by atoms with Crippen LogP contribution in [0.3, 0.4) is 0 Å². The predicted octanol–water partition coefficient (Wildman–Crippen LogP) is 2.56. The average Bonchev–Trinajstić information content (AvgIpc) is 3.03. The molecule has 0 unspecified atom stereocenters. The first-order valence-corrected chi connectivity index (χ1v) is 8.96. The third-order valence-corrected chi connectivity index (χ3v) is 4.89. The van der Waals surface area contributed by atoms with Gasteiger partial charge in [-0.2, -0.15) is 0 Å². The largest absolute Gasteiger partial charge is 0.352 e. The monoisotopic (exact) mass is 342 g/mol. The van der Waals surface area contributed by atoms with Gasteiger partial charge in [0.1, 0.15) is 5.82 Å². The van der Waals surface area contributed by atoms with Crippen molar-refractivity contribution in [2.24, 2.45) is 5.92 Å². The lowest BCUT2D eigenvalue weighted by molar-refractivity contribution is -0.134. The number of nitrogens with one attached hydrogen (secondary N) is 2. The number of carbonyl (C=O) groups is 2. The van der Waals surface area contributed by atoms with Gasteiger partial charge in [0, 0.05) is 38.4 Å². The number of likely N-dealkylation sites (tertiary alicyclic amines) is 1. The number of H-pyrrole nitrogens is 1. The molecule has 2 amide bonds. The predicted molar refractivity (Wildman–Crippen MR) is 97.0 cm³/mol. The first-order chi connectivity index (χ1) is 11.9. The van der Waals surface area contributed by atoms with Gasteiger partial charge in [0.05, 0.1) is 11.0 Å². The van der Waals surface area contributed by atoms with Gasteiger partial charge in [0.2, 0.25) is 11.8 Å². The van der Waals surface area contributed by atoms with Crippen molar-refractivity contribution in [3.8, 4) is 0 Å². The molecule has 1 aliphatic heterocycles. The highest BCUT2D eigenvalue weighted by Crippen LogP contribution is 2.20. The number of carbonyl (C=O) groups excluding carboxylic acids is 2. The summed E-state index contributed by atoms with van der Waals surface area (Å²) < 4.78 is 0. The Morgan fingerprint density at radius 3 is 2.68 bits per heavy atom. The summed E-state index contributed by atoms with van der Waals surface area (Å²) in [6.07, 6.45) is 1.48. The summed E-state index contributed by atoms with van der Waals surface area (Å²) in [6.45, 7) is 7.65. The van der Waals surface area contributed by atoms with E-state index in [1.807, 2.05) is 23.1 Å². The zero-order valence-electron chi connectivity index (χ0n) is 15.1. The quantitative estimate of drug-likeness (QED) is 0.896. The van der Waals surface area contributed by atoms with E-state index in [1.54, 1.807) is 6.92 Å². The highest BCUT2D eigenvalue weighted by atomic mass is 16.2. The fourth-order valence-corrected chi connectivity index (χ4v) is 3.25. The topological polar surface area (TPSA) is 78.1 Å². The van der Waals surface area contributed by atoms with Crippen molar-refractivity contribution >= 4 is 22.8 Å². The Bertz CT molecular complexity index is 773. The van der Waals surface area contributed by atoms with Gasteiger partial charge in [0.25, 0.3) is 0 Å². The van der Waals surface area contributed by atoms with Gasteiger partial charge in [0.15, 0.2) is 0 Å². The molecule has 6 nitrogen and oxygen atoms in total. The molecule has 0 atom stereocenters. The van der Waals surface area contributed by atoms with E-state index in [-0.39, 0.29) is 17.7 Å². The molecule has 2 heterocycles. The van der Waals surface area contributed by atoms with E-state index in [1.165, 1.54) is 0 Å². The fraction of sp³-hybridized carbons (Fsp3) is 0.526. The third kappa shape index (κ3) is 4.00. The highest BCUT2D eigenvalue weighted by Gasteiger charge is 2.25. The number of aromatic amines is 1. The SMILES string of the molecule is CC(=O)N1CCC(C(=O)NCc2ccc3nc(C(C)C)[nH]c3c2)CC1. The average molecular weight is 342 g/mol. The van der Waals surface area contributed by atoms with Crippen molar-refractivity contribution in [3.63, 3.8) is 0 Å². The molecule has 0 spiro atoms. The molecule has 1 aromatic carbocycles. The maximum absolute atomic E-state index is 12.4. The Labute approximate surface area is 148 Å². The molecule has 134 valence electrons. The highest BCUT2D eigenvalue weighted by molar-refractivity contribution is 5.80. The van der Waals surface area contributed by atoms with Gasteiger partial charge in [-0.05, 0) is 30.5 Å². The molecule has 6 heteroatoms. The van der Waals surface area contributed by atoms with E-state index < -0.39 is 0 Å². The second-order valence-corrected chi connectivity index (χ2v) is 7.13. The van der Waals surface area contributed by atoms with Crippen LogP contribution in [0.15, 0.2) is 18.2 Å². The second-order valence-electron chi connectivity index (χ2n) is 7.13. The first-order valence-electron chi connectivity index (χ1n) is 8.96. The number of benzene rings is 1. The summed E-state index contributed by atoms with van der Waals surface area (Å²) in [4.78, 5) is 33.4. The molecule has 0 bridgehead atoms. The molecular formula is C19H26N4O2. The third-order valence-electron chi connectivity index (χ3n) is 4.89. The summed E-state index contributed by atoms with van der Waals surface area (Å²) in [5, 5.41) is 3.03. The van der Waals surface area contributed by atoms with E-state index in [2.05, 4.69) is 29.1 Å². The Hall–Kier alpha value is -2.37. The van der Waals surface area contributed by atoms with Crippen LogP contribution in [0.2, 0.25) is 0 Å². The maximum atomic E-state index is 12.4. The summed E-state index contributed by atoms with van der Waals surface area (Å²) >= 11 is 0. The summed E-state index contributed by atoms with van der Waals surface area (Å²) in [5.41, 5.74) is 3.02. The van der Waals surface area contributed by atoms with Crippen LogP contribution in [0.4, 0.5) is 0 Å². The molecule has 25 heavy (non-hydrogen) atoms. The molecule has 0 aliphatic carbocycles. The van der Waals surface area contributed by atoms with Crippen LogP contribution in [0, 0.1) is 5.92 Å². The van der Waals surface area contributed by atoms with Crippen molar-refractivity contribution in [1.82, 2.24) is 20.2 Å². The van der Waals surface area contributed by atoms with E-state index in [4.69, 9.17) is 0 Å². The zero-order valence-corrected chi connectivity index (χ0v) is 15.1. The number of piperidine rings is 1. The van der Waals surface area contributed by atoms with E-state index in [0.29, 0.717) is 25.6 Å². The number of amides is 2. The number of aromatic nitrogens is 2. The molecule has 3 rings (SSSR count). The lowest BCUT2D eigenvalue weighted by Gasteiger charge is -2.30. The number of nitrogens with zero attached hydrogens (tertiary/aromatic N) is 2. The van der Waals surface area contributed by atoms with Crippen molar-refractivity contribution in [2.45, 2.75) is 46.1 Å². The Morgan fingerprint density at radius 1 is 1.32 bits per heavy atom. The summed E-state index contributed by atoms with van der Waals surface area (Å²) in [5.74, 6) is 1.51. The lowest BCUT2D eigenvalue weighted by atomic mass is 9.96. The zero-order chi connectivity index (χ0) is 18.0. The lowest BCUT2D eigenvalue weighted by Crippen LogP contribution is -2.42. The van der Waals surface area contributed by atoms with E-state index in [0.717, 1.165) is 35.3 Å². The number of hydrogen-bond acceptors (Lipinski definition) is 3. The Balaban J connectivity index is 1.57. The maximum Gasteiger partial charge on any atom is 0.223 e. The van der Waals surface area contributed by atoms with Gasteiger partial charge in [-0.25, -0.2) is 4.98 Å².